The van der Waals surface area contributed by atoms with E-state index in [-0.39, 0.29) is 5.91 Å². The van der Waals surface area contributed by atoms with Crippen molar-refractivity contribution >= 4 is 33.2 Å². The molecule has 0 aliphatic heterocycles. The topological polar surface area (TPSA) is 68.5 Å². The van der Waals surface area contributed by atoms with Crippen molar-refractivity contribution < 1.29 is 9.53 Å². The van der Waals surface area contributed by atoms with Crippen LogP contribution < -0.4 is 10.5 Å². The van der Waals surface area contributed by atoms with Gasteiger partial charge in [0.15, 0.2) is 3.92 Å². The predicted molar refractivity (Wildman–Crippen MR) is 99.5 cm³/mol. The van der Waals surface area contributed by atoms with E-state index in [9.17, 15) is 4.79 Å². The van der Waals surface area contributed by atoms with Crippen LogP contribution in [-0.2, 0) is 0 Å². The van der Waals surface area contributed by atoms with Crippen molar-refractivity contribution in [3.05, 3.63) is 33.9 Å². The van der Waals surface area contributed by atoms with Gasteiger partial charge in [-0.15, -0.1) is 11.3 Å². The minimum Gasteiger partial charge on any atom is -0.497 e. The quantitative estimate of drug-likeness (QED) is 0.760. The molecule has 1 aliphatic carbocycles. The minimum absolute atomic E-state index is 0.0490. The number of ether oxygens (including phenoxy) is 1. The number of aromatic nitrogens is 1. The van der Waals surface area contributed by atoms with Gasteiger partial charge in [0, 0.05) is 19.6 Å². The van der Waals surface area contributed by atoms with Crippen molar-refractivity contribution in [3.63, 3.8) is 0 Å². The molecular formula is C17H20BrN3O2S. The van der Waals surface area contributed by atoms with Crippen LogP contribution in [0.4, 0.5) is 0 Å². The third kappa shape index (κ3) is 3.96. The lowest BCUT2D eigenvalue weighted by Gasteiger charge is -2.21. The maximum Gasteiger partial charge on any atom is 0.274 e. The molecule has 0 saturated heterocycles. The van der Waals surface area contributed by atoms with Gasteiger partial charge in [-0.1, -0.05) is 12.1 Å². The van der Waals surface area contributed by atoms with Crippen LogP contribution in [0, 0.1) is 5.92 Å². The largest absolute Gasteiger partial charge is 0.497 e. The second kappa shape index (κ2) is 7.63. The van der Waals surface area contributed by atoms with Crippen molar-refractivity contribution in [1.29, 1.82) is 0 Å². The van der Waals surface area contributed by atoms with E-state index in [1.807, 2.05) is 29.2 Å². The zero-order chi connectivity index (χ0) is 17.1. The number of nitrogens with zero attached hydrogens (tertiary/aromatic N) is 2. The van der Waals surface area contributed by atoms with Crippen molar-refractivity contribution in [1.82, 2.24) is 9.88 Å². The SMILES string of the molecule is COc1cccc(-c2sc(Br)nc2C(=O)N(CCN)CC2CC2)c1. The molecule has 1 heterocycles. The summed E-state index contributed by atoms with van der Waals surface area (Å²) in [5.74, 6) is 1.32. The highest BCUT2D eigenvalue weighted by Gasteiger charge is 2.29. The number of thiazole rings is 1. The molecule has 128 valence electrons. The van der Waals surface area contributed by atoms with E-state index in [2.05, 4.69) is 20.9 Å². The van der Waals surface area contributed by atoms with Gasteiger partial charge in [0.2, 0.25) is 0 Å². The number of carbonyl (C=O) groups is 1. The lowest BCUT2D eigenvalue weighted by Crippen LogP contribution is -2.37. The number of rotatable bonds is 7. The lowest BCUT2D eigenvalue weighted by atomic mass is 10.1. The number of amides is 1. The summed E-state index contributed by atoms with van der Waals surface area (Å²) >= 11 is 4.87. The van der Waals surface area contributed by atoms with Gasteiger partial charge < -0.3 is 15.4 Å². The Morgan fingerprint density at radius 2 is 2.29 bits per heavy atom. The molecule has 0 radical (unpaired) electrons. The highest BCUT2D eigenvalue weighted by atomic mass is 79.9. The molecule has 1 aliphatic rings. The van der Waals surface area contributed by atoms with Crippen LogP contribution in [0.5, 0.6) is 5.75 Å². The lowest BCUT2D eigenvalue weighted by molar-refractivity contribution is 0.0748. The van der Waals surface area contributed by atoms with E-state index in [0.717, 1.165) is 22.7 Å². The number of nitrogens with two attached hydrogens (primary N) is 1. The molecule has 7 heteroatoms. The van der Waals surface area contributed by atoms with Gasteiger partial charge in [-0.05, 0) is 52.4 Å². The number of halogens is 1. The Morgan fingerprint density at radius 1 is 1.50 bits per heavy atom. The van der Waals surface area contributed by atoms with Crippen LogP contribution in [0.2, 0.25) is 0 Å². The van der Waals surface area contributed by atoms with Crippen molar-refractivity contribution in [3.8, 4) is 16.2 Å². The summed E-state index contributed by atoms with van der Waals surface area (Å²) in [4.78, 5) is 20.1. The molecule has 1 aromatic carbocycles. The fourth-order valence-corrected chi connectivity index (χ4v) is 4.04. The van der Waals surface area contributed by atoms with Crippen LogP contribution in [0.1, 0.15) is 23.3 Å². The normalized spacial score (nSPS) is 13.8. The summed E-state index contributed by atoms with van der Waals surface area (Å²) in [5, 5.41) is 0. The molecule has 1 saturated carbocycles. The number of carbonyl (C=O) groups excluding carboxylic acids is 1. The van der Waals surface area contributed by atoms with Gasteiger partial charge in [0.05, 0.1) is 12.0 Å². The number of methoxy groups -OCH3 is 1. The molecule has 0 atom stereocenters. The molecule has 0 spiro atoms. The molecule has 5 nitrogen and oxygen atoms in total. The predicted octanol–water partition coefficient (Wildman–Crippen LogP) is 3.39. The van der Waals surface area contributed by atoms with E-state index in [4.69, 9.17) is 10.5 Å². The standard InChI is InChI=1S/C17H20BrN3O2S/c1-23-13-4-2-3-12(9-13)15-14(20-17(18)24-15)16(22)21(8-7-19)10-11-5-6-11/h2-4,9,11H,5-8,10,19H2,1H3. The summed E-state index contributed by atoms with van der Waals surface area (Å²) in [6, 6.07) is 7.69. The van der Waals surface area contributed by atoms with Crippen LogP contribution >= 0.6 is 27.3 Å². The van der Waals surface area contributed by atoms with E-state index in [0.29, 0.717) is 28.6 Å². The van der Waals surface area contributed by atoms with Gasteiger partial charge in [-0.3, -0.25) is 4.79 Å². The van der Waals surface area contributed by atoms with Crippen molar-refractivity contribution in [2.45, 2.75) is 12.8 Å². The third-order valence-electron chi connectivity index (χ3n) is 4.00. The molecule has 1 fully saturated rings. The molecule has 2 N–H and O–H groups in total. The molecule has 0 bridgehead atoms. The molecule has 1 aromatic heterocycles. The highest BCUT2D eigenvalue weighted by Crippen LogP contribution is 2.36. The molecule has 2 aromatic rings. The molecule has 3 rings (SSSR count). The minimum atomic E-state index is -0.0490. The Bertz CT molecular complexity index is 730. The smallest absolute Gasteiger partial charge is 0.274 e. The molecule has 24 heavy (non-hydrogen) atoms. The average molecular weight is 410 g/mol. The van der Waals surface area contributed by atoms with Gasteiger partial charge in [0.1, 0.15) is 11.4 Å². The summed E-state index contributed by atoms with van der Waals surface area (Å²) in [6.45, 7) is 1.78. The zero-order valence-electron chi connectivity index (χ0n) is 13.5. The Balaban J connectivity index is 1.93. The number of benzene rings is 1. The zero-order valence-corrected chi connectivity index (χ0v) is 15.9. The number of hydrogen-bond donors (Lipinski definition) is 1. The first-order chi connectivity index (χ1) is 11.6. The Morgan fingerprint density at radius 3 is 2.96 bits per heavy atom. The van der Waals surface area contributed by atoms with E-state index in [1.54, 1.807) is 7.11 Å². The first-order valence-electron chi connectivity index (χ1n) is 7.92. The van der Waals surface area contributed by atoms with Crippen molar-refractivity contribution in [2.24, 2.45) is 11.7 Å². The molecule has 0 unspecified atom stereocenters. The summed E-state index contributed by atoms with van der Waals surface area (Å²) in [5.41, 5.74) is 7.11. The van der Waals surface area contributed by atoms with Crippen LogP contribution in [0.3, 0.4) is 0 Å². The monoisotopic (exact) mass is 409 g/mol. The molecular weight excluding hydrogens is 390 g/mol. The fourth-order valence-electron chi connectivity index (χ4n) is 2.59. The van der Waals surface area contributed by atoms with Crippen LogP contribution in [-0.4, -0.2) is 42.5 Å². The van der Waals surface area contributed by atoms with E-state index < -0.39 is 0 Å². The Labute approximate surface area is 154 Å². The second-order valence-electron chi connectivity index (χ2n) is 5.86. The Hall–Kier alpha value is -1.44. The van der Waals surface area contributed by atoms with Gasteiger partial charge in [-0.2, -0.15) is 0 Å². The maximum absolute atomic E-state index is 13.0. The van der Waals surface area contributed by atoms with E-state index in [1.165, 1.54) is 24.2 Å². The first kappa shape index (κ1) is 17.4. The van der Waals surface area contributed by atoms with Crippen molar-refractivity contribution in [2.75, 3.05) is 26.7 Å². The summed E-state index contributed by atoms with van der Waals surface area (Å²) in [6.07, 6.45) is 2.38. The Kier molecular flexibility index (Phi) is 5.53. The van der Waals surface area contributed by atoms with Gasteiger partial charge in [-0.25, -0.2) is 4.98 Å². The average Bonchev–Trinajstić information content (AvgIpc) is 3.33. The van der Waals surface area contributed by atoms with Crippen LogP contribution in [0.15, 0.2) is 28.2 Å². The summed E-state index contributed by atoms with van der Waals surface area (Å²) in [7, 11) is 1.63. The second-order valence-corrected chi connectivity index (χ2v) is 8.13. The summed E-state index contributed by atoms with van der Waals surface area (Å²) < 4.78 is 5.99. The number of hydrogen-bond acceptors (Lipinski definition) is 5. The maximum atomic E-state index is 13.0. The fraction of sp³-hybridized carbons (Fsp3) is 0.412. The van der Waals surface area contributed by atoms with E-state index >= 15 is 0 Å². The van der Waals surface area contributed by atoms with Crippen LogP contribution in [0.25, 0.3) is 10.4 Å². The highest BCUT2D eigenvalue weighted by molar-refractivity contribution is 9.11. The third-order valence-corrected chi connectivity index (χ3v) is 5.55. The first-order valence-corrected chi connectivity index (χ1v) is 9.53. The van der Waals surface area contributed by atoms with Gasteiger partial charge in [0.25, 0.3) is 5.91 Å². The molecule has 1 amide bonds. The van der Waals surface area contributed by atoms with Gasteiger partial charge >= 0.3 is 0 Å².